The van der Waals surface area contributed by atoms with Gasteiger partial charge >= 0.3 is 0 Å². The second kappa shape index (κ2) is 7.65. The third kappa shape index (κ3) is 3.91. The zero-order valence-corrected chi connectivity index (χ0v) is 15.1. The molecule has 0 aromatic carbocycles. The summed E-state index contributed by atoms with van der Waals surface area (Å²) >= 11 is 1.62. The average Bonchev–Trinajstić information content (AvgIpc) is 3.29. The molecule has 0 bridgehead atoms. The van der Waals surface area contributed by atoms with Gasteiger partial charge in [0.25, 0.3) is 0 Å². The molecule has 0 saturated carbocycles. The van der Waals surface area contributed by atoms with Gasteiger partial charge in [-0.3, -0.25) is 9.48 Å². The first kappa shape index (κ1) is 16.7. The number of rotatable bonds is 5. The number of nitrogens with one attached hydrogen (secondary N) is 1. The molecule has 0 spiro atoms. The van der Waals surface area contributed by atoms with Gasteiger partial charge in [-0.05, 0) is 34.5 Å². The molecule has 134 valence electrons. The Morgan fingerprint density at radius 2 is 2.12 bits per heavy atom. The summed E-state index contributed by atoms with van der Waals surface area (Å²) in [6.45, 7) is 2.74. The predicted octanol–water partition coefficient (Wildman–Crippen LogP) is 2.05. The second-order valence-electron chi connectivity index (χ2n) is 6.41. The van der Waals surface area contributed by atoms with Crippen molar-refractivity contribution in [2.75, 3.05) is 18.4 Å². The molecule has 1 amide bonds. The van der Waals surface area contributed by atoms with Crippen LogP contribution < -0.4 is 5.32 Å². The van der Waals surface area contributed by atoms with E-state index >= 15 is 0 Å². The molecule has 8 heteroatoms. The van der Waals surface area contributed by atoms with Crippen molar-refractivity contribution in [1.82, 2.24) is 24.6 Å². The summed E-state index contributed by atoms with van der Waals surface area (Å²) in [6, 6.07) is 5.79. The lowest BCUT2D eigenvalue weighted by atomic mass is 10.1. The molecule has 0 aliphatic carbocycles. The van der Waals surface area contributed by atoms with Crippen LogP contribution in [0.3, 0.4) is 0 Å². The number of anilines is 1. The Morgan fingerprint density at radius 3 is 2.92 bits per heavy atom. The fourth-order valence-electron chi connectivity index (χ4n) is 3.16. The van der Waals surface area contributed by atoms with E-state index in [2.05, 4.69) is 20.4 Å². The van der Waals surface area contributed by atoms with Gasteiger partial charge in [0.05, 0.1) is 18.7 Å². The van der Waals surface area contributed by atoms with Gasteiger partial charge in [0.15, 0.2) is 0 Å². The standard InChI is InChI=1S/C18H20N6OS/c25-17(8-14-3-7-26-13-14)23-10-15(9-21-18-19-4-1-5-20-18)11-24-16(12-23)2-6-22-24/h1-7,13,15H,8-12H2,(H,19,20,21)/t15-/m0/s1. The Kier molecular flexibility index (Phi) is 4.92. The van der Waals surface area contributed by atoms with Crippen LogP contribution in [0.5, 0.6) is 0 Å². The molecule has 26 heavy (non-hydrogen) atoms. The fraction of sp³-hybridized carbons (Fsp3) is 0.333. The summed E-state index contributed by atoms with van der Waals surface area (Å²) in [6.07, 6.45) is 5.67. The van der Waals surface area contributed by atoms with Crippen LogP contribution in [-0.4, -0.2) is 43.6 Å². The SMILES string of the molecule is O=C(Cc1ccsc1)N1Cc2ccnn2C[C@@H](CNc2ncccn2)C1. The number of nitrogens with zero attached hydrogens (tertiary/aromatic N) is 5. The third-order valence-corrected chi connectivity index (χ3v) is 5.20. The minimum absolute atomic E-state index is 0.152. The molecule has 0 saturated heterocycles. The molecule has 0 unspecified atom stereocenters. The molecule has 1 N–H and O–H groups in total. The Labute approximate surface area is 155 Å². The van der Waals surface area contributed by atoms with E-state index in [9.17, 15) is 4.79 Å². The van der Waals surface area contributed by atoms with Crippen LogP contribution in [0, 0.1) is 5.92 Å². The molecule has 4 rings (SSSR count). The van der Waals surface area contributed by atoms with Gasteiger partial charge in [0.2, 0.25) is 11.9 Å². The van der Waals surface area contributed by atoms with E-state index in [1.165, 1.54) is 0 Å². The van der Waals surface area contributed by atoms with E-state index in [1.54, 1.807) is 36.0 Å². The molecule has 0 fully saturated rings. The van der Waals surface area contributed by atoms with Crippen molar-refractivity contribution in [3.63, 3.8) is 0 Å². The number of amides is 1. The number of fused-ring (bicyclic) bond motifs is 1. The summed E-state index contributed by atoms with van der Waals surface area (Å²) in [5.41, 5.74) is 2.15. The van der Waals surface area contributed by atoms with E-state index < -0.39 is 0 Å². The van der Waals surface area contributed by atoms with Crippen LogP contribution in [0.1, 0.15) is 11.3 Å². The molecule has 4 heterocycles. The maximum absolute atomic E-state index is 12.8. The lowest BCUT2D eigenvalue weighted by Crippen LogP contribution is -2.37. The molecule has 1 atom stereocenters. The first-order chi connectivity index (χ1) is 12.8. The smallest absolute Gasteiger partial charge is 0.227 e. The summed E-state index contributed by atoms with van der Waals surface area (Å²) in [7, 11) is 0. The van der Waals surface area contributed by atoms with E-state index in [4.69, 9.17) is 0 Å². The quantitative estimate of drug-likeness (QED) is 0.746. The molecule has 0 radical (unpaired) electrons. The topological polar surface area (TPSA) is 75.9 Å². The highest BCUT2D eigenvalue weighted by Gasteiger charge is 2.25. The molecule has 3 aromatic rings. The Morgan fingerprint density at radius 1 is 1.23 bits per heavy atom. The lowest BCUT2D eigenvalue weighted by Gasteiger charge is -2.24. The second-order valence-corrected chi connectivity index (χ2v) is 7.19. The van der Waals surface area contributed by atoms with E-state index in [-0.39, 0.29) is 11.8 Å². The molecule has 3 aromatic heterocycles. The highest BCUT2D eigenvalue weighted by atomic mass is 32.1. The molecule has 1 aliphatic heterocycles. The number of hydrogen-bond acceptors (Lipinski definition) is 6. The van der Waals surface area contributed by atoms with Gasteiger partial charge < -0.3 is 10.2 Å². The minimum Gasteiger partial charge on any atom is -0.354 e. The highest BCUT2D eigenvalue weighted by molar-refractivity contribution is 7.08. The molecular weight excluding hydrogens is 348 g/mol. The zero-order valence-electron chi connectivity index (χ0n) is 14.3. The van der Waals surface area contributed by atoms with E-state index in [0.29, 0.717) is 32.0 Å². The maximum atomic E-state index is 12.8. The highest BCUT2D eigenvalue weighted by Crippen LogP contribution is 2.18. The van der Waals surface area contributed by atoms with Crippen LogP contribution in [-0.2, 0) is 24.3 Å². The fourth-order valence-corrected chi connectivity index (χ4v) is 3.83. The van der Waals surface area contributed by atoms with Crippen molar-refractivity contribution >= 4 is 23.2 Å². The predicted molar refractivity (Wildman–Crippen MR) is 99.7 cm³/mol. The number of carbonyl (C=O) groups is 1. The van der Waals surface area contributed by atoms with Gasteiger partial charge in [-0.25, -0.2) is 9.97 Å². The monoisotopic (exact) mass is 368 g/mol. The average molecular weight is 368 g/mol. The number of carbonyl (C=O) groups excluding carboxylic acids is 1. The number of aromatic nitrogens is 4. The molecular formula is C18H20N6OS. The van der Waals surface area contributed by atoms with E-state index in [0.717, 1.165) is 17.8 Å². The van der Waals surface area contributed by atoms with Gasteiger partial charge in [-0.2, -0.15) is 16.4 Å². The van der Waals surface area contributed by atoms with Gasteiger partial charge in [0.1, 0.15) is 0 Å². The van der Waals surface area contributed by atoms with Crippen molar-refractivity contribution in [3.8, 4) is 0 Å². The minimum atomic E-state index is 0.152. The van der Waals surface area contributed by atoms with Gasteiger partial charge in [0, 0.05) is 44.1 Å². The van der Waals surface area contributed by atoms with Crippen molar-refractivity contribution in [2.24, 2.45) is 5.92 Å². The Bertz CT molecular complexity index is 848. The Balaban J connectivity index is 1.47. The normalized spacial score (nSPS) is 16.8. The van der Waals surface area contributed by atoms with Gasteiger partial charge in [-0.15, -0.1) is 0 Å². The van der Waals surface area contributed by atoms with Crippen LogP contribution in [0.2, 0.25) is 0 Å². The maximum Gasteiger partial charge on any atom is 0.227 e. The van der Waals surface area contributed by atoms with Crippen LogP contribution in [0.25, 0.3) is 0 Å². The van der Waals surface area contributed by atoms with Crippen LogP contribution in [0.15, 0.2) is 47.5 Å². The van der Waals surface area contributed by atoms with Crippen molar-refractivity contribution in [2.45, 2.75) is 19.5 Å². The first-order valence-corrected chi connectivity index (χ1v) is 9.52. The van der Waals surface area contributed by atoms with Crippen LogP contribution in [0.4, 0.5) is 5.95 Å². The zero-order chi connectivity index (χ0) is 17.8. The van der Waals surface area contributed by atoms with Crippen molar-refractivity contribution < 1.29 is 4.79 Å². The van der Waals surface area contributed by atoms with Crippen molar-refractivity contribution in [3.05, 3.63) is 58.8 Å². The lowest BCUT2D eigenvalue weighted by molar-refractivity contribution is -0.131. The van der Waals surface area contributed by atoms with Gasteiger partial charge in [-0.1, -0.05) is 0 Å². The van der Waals surface area contributed by atoms with E-state index in [1.807, 2.05) is 32.5 Å². The third-order valence-electron chi connectivity index (χ3n) is 4.47. The Hall–Kier alpha value is -2.74. The summed E-state index contributed by atoms with van der Waals surface area (Å²) in [5.74, 6) is 0.985. The molecule has 7 nitrogen and oxygen atoms in total. The van der Waals surface area contributed by atoms with Crippen LogP contribution >= 0.6 is 11.3 Å². The number of hydrogen-bond donors (Lipinski definition) is 1. The summed E-state index contributed by atoms with van der Waals surface area (Å²) < 4.78 is 2.00. The molecule has 1 aliphatic rings. The number of thiophene rings is 1. The summed E-state index contributed by atoms with van der Waals surface area (Å²) in [5, 5.41) is 11.7. The first-order valence-electron chi connectivity index (χ1n) is 8.58. The largest absolute Gasteiger partial charge is 0.354 e. The van der Waals surface area contributed by atoms with Crippen molar-refractivity contribution in [1.29, 1.82) is 0 Å². The summed E-state index contributed by atoms with van der Waals surface area (Å²) in [4.78, 5) is 23.2.